The number of phenols is 1. The molecule has 0 radical (unpaired) electrons. The molecule has 0 saturated carbocycles. The molecule has 232 valence electrons. The highest BCUT2D eigenvalue weighted by molar-refractivity contribution is 7.92. The summed E-state index contributed by atoms with van der Waals surface area (Å²) in [5.74, 6) is -3.38. The third-order valence-electron chi connectivity index (χ3n) is 6.78. The summed E-state index contributed by atoms with van der Waals surface area (Å²) in [5, 5.41) is 12.5. The molecule has 1 aliphatic rings. The molecule has 0 atom stereocenters. The number of carbonyl (C=O) groups excluding carboxylic acids is 1. The van der Waals surface area contributed by atoms with Crippen LogP contribution in [0.3, 0.4) is 0 Å². The molecule has 1 saturated heterocycles. The van der Waals surface area contributed by atoms with Gasteiger partial charge in [-0.15, -0.1) is 0 Å². The molecule has 0 aliphatic carbocycles. The second-order valence-corrected chi connectivity index (χ2v) is 12.0. The number of hydrogen-bond acceptors (Lipinski definition) is 6. The van der Waals surface area contributed by atoms with Gasteiger partial charge in [0.25, 0.3) is 11.8 Å². The predicted molar refractivity (Wildman–Crippen MR) is 152 cm³/mol. The van der Waals surface area contributed by atoms with Gasteiger partial charge in [-0.05, 0) is 60.5 Å². The molecule has 1 heterocycles. The topological polar surface area (TPSA) is 108 Å². The van der Waals surface area contributed by atoms with E-state index in [9.17, 15) is 40.3 Å². The van der Waals surface area contributed by atoms with Crippen LogP contribution in [-0.2, 0) is 16.2 Å². The highest BCUT2D eigenvalue weighted by Gasteiger charge is 2.33. The number of halogens is 5. The summed E-state index contributed by atoms with van der Waals surface area (Å²) in [4.78, 5) is 15.0. The third-order valence-corrected chi connectivity index (χ3v) is 7.37. The van der Waals surface area contributed by atoms with E-state index in [-0.39, 0.29) is 61.0 Å². The van der Waals surface area contributed by atoms with Crippen molar-refractivity contribution in [3.05, 3.63) is 71.8 Å². The number of likely N-dealkylation sites (tertiary alicyclic amines) is 1. The van der Waals surface area contributed by atoms with Crippen molar-refractivity contribution >= 4 is 27.3 Å². The van der Waals surface area contributed by atoms with Crippen molar-refractivity contribution in [1.29, 1.82) is 0 Å². The van der Waals surface area contributed by atoms with Gasteiger partial charge >= 0.3 is 6.18 Å². The Balaban J connectivity index is 1.53. The van der Waals surface area contributed by atoms with E-state index in [1.165, 1.54) is 48.5 Å². The number of aromatic hydroxyl groups is 1. The Morgan fingerprint density at radius 3 is 2.33 bits per heavy atom. The van der Waals surface area contributed by atoms with Crippen LogP contribution in [-0.4, -0.2) is 62.8 Å². The number of sulfonamides is 1. The molecule has 1 aliphatic heterocycles. The maximum atomic E-state index is 13.4. The molecule has 3 aromatic carbocycles. The van der Waals surface area contributed by atoms with E-state index in [2.05, 4.69) is 10.0 Å². The van der Waals surface area contributed by atoms with Crippen LogP contribution in [0.25, 0.3) is 11.1 Å². The zero-order valence-corrected chi connectivity index (χ0v) is 23.9. The van der Waals surface area contributed by atoms with E-state index in [1.807, 2.05) is 4.90 Å². The van der Waals surface area contributed by atoms with Crippen LogP contribution in [0.15, 0.2) is 60.7 Å². The van der Waals surface area contributed by atoms with E-state index in [4.69, 9.17) is 4.74 Å². The number of hydrogen-bond donors (Lipinski definition) is 3. The van der Waals surface area contributed by atoms with Gasteiger partial charge in [0.1, 0.15) is 11.5 Å². The Hall–Kier alpha value is -3.91. The highest BCUT2D eigenvalue weighted by Crippen LogP contribution is 2.35. The average Bonchev–Trinajstić information content (AvgIpc) is 2.92. The van der Waals surface area contributed by atoms with Crippen molar-refractivity contribution in [2.75, 3.05) is 42.5 Å². The fourth-order valence-corrected chi connectivity index (χ4v) is 5.10. The summed E-state index contributed by atoms with van der Waals surface area (Å²) < 4.78 is 97.4. The monoisotopic (exact) mass is 627 g/mol. The molecule has 3 N–H and O–H groups in total. The minimum atomic E-state index is -4.51. The largest absolute Gasteiger partial charge is 0.506 e. The molecule has 0 aromatic heterocycles. The lowest BCUT2D eigenvalue weighted by molar-refractivity contribution is -0.137. The molecule has 1 amide bonds. The Kier molecular flexibility index (Phi) is 9.50. The van der Waals surface area contributed by atoms with Crippen molar-refractivity contribution in [2.24, 2.45) is 0 Å². The van der Waals surface area contributed by atoms with E-state index in [0.29, 0.717) is 24.1 Å². The van der Waals surface area contributed by atoms with E-state index in [0.717, 1.165) is 18.4 Å². The van der Waals surface area contributed by atoms with E-state index >= 15 is 0 Å². The molecule has 0 unspecified atom stereocenters. The highest BCUT2D eigenvalue weighted by atomic mass is 32.2. The van der Waals surface area contributed by atoms with Gasteiger partial charge in [0.15, 0.2) is 0 Å². The lowest BCUT2D eigenvalue weighted by atomic mass is 10.0. The first kappa shape index (κ1) is 32.0. The van der Waals surface area contributed by atoms with Crippen LogP contribution >= 0.6 is 0 Å². The van der Waals surface area contributed by atoms with Crippen LogP contribution in [0.4, 0.5) is 33.3 Å². The number of nitrogens with one attached hydrogen (secondary N) is 2. The molecule has 43 heavy (non-hydrogen) atoms. The van der Waals surface area contributed by atoms with Crippen molar-refractivity contribution in [1.82, 2.24) is 4.90 Å². The first-order valence-corrected chi connectivity index (χ1v) is 15.2. The van der Waals surface area contributed by atoms with Crippen molar-refractivity contribution in [3.63, 3.8) is 0 Å². The van der Waals surface area contributed by atoms with Gasteiger partial charge in [-0.25, -0.2) is 17.2 Å². The molecule has 1 fully saturated rings. The maximum absolute atomic E-state index is 13.4. The molecule has 3 aromatic rings. The summed E-state index contributed by atoms with van der Waals surface area (Å²) in [6.45, 7) is 1.19. The van der Waals surface area contributed by atoms with E-state index in [1.54, 1.807) is 0 Å². The van der Waals surface area contributed by atoms with Crippen molar-refractivity contribution in [3.8, 4) is 22.6 Å². The van der Waals surface area contributed by atoms with Crippen LogP contribution < -0.4 is 14.8 Å². The first-order chi connectivity index (χ1) is 20.1. The number of alkyl halides is 5. The molecule has 0 spiro atoms. The van der Waals surface area contributed by atoms with Gasteiger partial charge in [-0.1, -0.05) is 12.1 Å². The second kappa shape index (κ2) is 12.8. The number of nitrogens with zero attached hydrogens (tertiary/aromatic N) is 1. The van der Waals surface area contributed by atoms with Gasteiger partial charge in [-0.3, -0.25) is 9.52 Å². The zero-order chi connectivity index (χ0) is 31.4. The summed E-state index contributed by atoms with van der Waals surface area (Å²) in [7, 11) is -3.71. The van der Waals surface area contributed by atoms with Crippen molar-refractivity contribution in [2.45, 2.75) is 31.4 Å². The predicted octanol–water partition coefficient (Wildman–Crippen LogP) is 6.20. The summed E-state index contributed by atoms with van der Waals surface area (Å²) >= 11 is 0. The van der Waals surface area contributed by atoms with Crippen LogP contribution in [0.2, 0.25) is 0 Å². The quantitative estimate of drug-likeness (QED) is 0.107. The number of carbonyl (C=O) groups is 1. The number of rotatable bonds is 10. The van der Waals surface area contributed by atoms with Gasteiger partial charge in [0, 0.05) is 49.3 Å². The normalized spacial score (nSPS) is 15.6. The molecule has 4 rings (SSSR count). The lowest BCUT2D eigenvalue weighted by Crippen LogP contribution is -2.40. The minimum absolute atomic E-state index is 0.134. The summed E-state index contributed by atoms with van der Waals surface area (Å²) in [6.07, 6.45) is -3.55. The van der Waals surface area contributed by atoms with Crippen LogP contribution in [0.1, 0.15) is 35.2 Å². The number of benzene rings is 3. The van der Waals surface area contributed by atoms with Gasteiger partial charge in [0.2, 0.25) is 10.0 Å². The Morgan fingerprint density at radius 1 is 1.02 bits per heavy atom. The Labute approximate surface area is 245 Å². The van der Waals surface area contributed by atoms with Gasteiger partial charge < -0.3 is 20.1 Å². The fraction of sp³-hybridized carbons (Fsp3) is 0.345. The molecule has 14 heteroatoms. The summed E-state index contributed by atoms with van der Waals surface area (Å²) in [5.41, 5.74) is 0.209. The number of phenolic OH excluding ortho intramolecular Hbond substituents is 1. The van der Waals surface area contributed by atoms with Crippen LogP contribution in [0.5, 0.6) is 11.5 Å². The van der Waals surface area contributed by atoms with Crippen molar-refractivity contribution < 1.29 is 45.0 Å². The molecular formula is C29H30F5N3O5S. The van der Waals surface area contributed by atoms with Gasteiger partial charge in [0.05, 0.1) is 24.1 Å². The molecule has 0 bridgehead atoms. The third kappa shape index (κ3) is 9.04. The summed E-state index contributed by atoms with van der Waals surface area (Å²) in [6, 6.07) is 12.7. The van der Waals surface area contributed by atoms with Gasteiger partial charge in [-0.2, -0.15) is 13.2 Å². The second-order valence-electron chi connectivity index (χ2n) is 10.2. The fourth-order valence-electron chi connectivity index (χ4n) is 4.53. The maximum Gasteiger partial charge on any atom is 0.416 e. The average molecular weight is 628 g/mol. The zero-order valence-electron chi connectivity index (χ0n) is 23.0. The van der Waals surface area contributed by atoms with Crippen LogP contribution in [0, 0.1) is 0 Å². The smallest absolute Gasteiger partial charge is 0.416 e. The minimum Gasteiger partial charge on any atom is -0.506 e. The number of ether oxygens (including phenoxy) is 1. The SMILES string of the molecule is CS(=O)(=O)Nc1cc(NC(=O)c2ccc(-c3ccc(C(F)(F)F)cc3)c(OCCCN3CCC(F)(F)CC3)c2)ccc1O. The molecular weight excluding hydrogens is 597 g/mol. The standard InChI is InChI=1S/C29H30F5N3O5S/c1-43(40,41)36-24-18-22(8-10-25(24)38)35-27(39)20-5-9-23(19-3-6-21(7-4-19)29(32,33)34)26(17-20)42-16-2-13-37-14-11-28(30,31)12-15-37/h3-10,17-18,36,38H,2,11-16H2,1H3,(H,35,39). The number of amides is 1. The Morgan fingerprint density at radius 2 is 1.70 bits per heavy atom. The number of piperidine rings is 1. The number of anilines is 2. The Bertz CT molecular complexity index is 1550. The molecule has 8 nitrogen and oxygen atoms in total. The first-order valence-electron chi connectivity index (χ1n) is 13.3. The lowest BCUT2D eigenvalue weighted by Gasteiger charge is -2.31. The van der Waals surface area contributed by atoms with E-state index < -0.39 is 33.6 Å².